The second kappa shape index (κ2) is 10.9. The van der Waals surface area contributed by atoms with Crippen LogP contribution in [-0.4, -0.2) is 25.7 Å². The van der Waals surface area contributed by atoms with E-state index in [2.05, 4.69) is 22.1 Å². The highest BCUT2D eigenvalue weighted by Crippen LogP contribution is 2.39. The van der Waals surface area contributed by atoms with Crippen molar-refractivity contribution >= 4 is 49.3 Å². The minimum Gasteiger partial charge on any atom is -0.484 e. The molecule has 2 heterocycles. The van der Waals surface area contributed by atoms with Crippen molar-refractivity contribution in [3.8, 4) is 15.6 Å². The van der Waals surface area contributed by atoms with Gasteiger partial charge in [-0.1, -0.05) is 37.5 Å². The average Bonchev–Trinajstić information content (AvgIpc) is 3.36. The molecule has 0 bridgehead atoms. The van der Waals surface area contributed by atoms with E-state index in [-0.39, 0.29) is 5.82 Å². The number of hydrogen-bond acceptors (Lipinski definition) is 7. The normalized spacial score (nSPS) is 11.5. The Kier molecular flexibility index (Phi) is 7.67. The zero-order valence-corrected chi connectivity index (χ0v) is 20.7. The average molecular weight is 483 g/mol. The maximum absolute atomic E-state index is 14.8. The van der Waals surface area contributed by atoms with Gasteiger partial charge in [0.05, 0.1) is 22.7 Å². The number of ether oxygens (including phenoxy) is 1. The Hall–Kier alpha value is -2.84. The van der Waals surface area contributed by atoms with E-state index in [1.54, 1.807) is 12.1 Å². The Morgan fingerprint density at radius 1 is 0.939 bits per heavy atom. The smallest absolute Gasteiger partial charge is 0.177 e. The maximum atomic E-state index is 14.8. The molecular formula is C25H27FN4OS2. The number of nitrogens with zero attached hydrogens (tertiary/aromatic N) is 4. The van der Waals surface area contributed by atoms with Crippen LogP contribution < -0.4 is 9.64 Å². The molecule has 0 radical (unpaired) electrons. The van der Waals surface area contributed by atoms with Crippen LogP contribution in [0.4, 0.5) is 21.5 Å². The summed E-state index contributed by atoms with van der Waals surface area (Å²) < 4.78 is 21.7. The van der Waals surface area contributed by atoms with Crippen LogP contribution in [0.3, 0.4) is 0 Å². The van der Waals surface area contributed by atoms with E-state index in [9.17, 15) is 4.39 Å². The van der Waals surface area contributed by atoms with Gasteiger partial charge in [-0.2, -0.15) is 10.2 Å². The summed E-state index contributed by atoms with van der Waals surface area (Å²) in [5.41, 5.74) is 2.73. The van der Waals surface area contributed by atoms with Crippen LogP contribution >= 0.6 is 22.7 Å². The van der Waals surface area contributed by atoms with E-state index in [0.29, 0.717) is 21.9 Å². The third-order valence-electron chi connectivity index (χ3n) is 5.14. The van der Waals surface area contributed by atoms with Crippen molar-refractivity contribution < 1.29 is 9.13 Å². The quantitative estimate of drug-likeness (QED) is 0.168. The van der Waals surface area contributed by atoms with E-state index >= 15 is 0 Å². The van der Waals surface area contributed by atoms with E-state index in [4.69, 9.17) is 4.74 Å². The third-order valence-corrected chi connectivity index (χ3v) is 7.25. The molecule has 0 fully saturated rings. The molecule has 8 heteroatoms. The number of benzene rings is 2. The number of fused-ring (bicyclic) bond motifs is 1. The summed E-state index contributed by atoms with van der Waals surface area (Å²) in [6.07, 6.45) is 4.71. The van der Waals surface area contributed by atoms with E-state index in [1.165, 1.54) is 48.0 Å². The van der Waals surface area contributed by atoms with Gasteiger partial charge >= 0.3 is 0 Å². The third kappa shape index (κ3) is 5.94. The molecule has 0 saturated carbocycles. The summed E-state index contributed by atoms with van der Waals surface area (Å²) in [4.78, 5) is 7.52. The Balaban J connectivity index is 1.42. The highest BCUT2D eigenvalue weighted by molar-refractivity contribution is 7.29. The molecule has 0 unspecified atom stereocenters. The minimum absolute atomic E-state index is 0.358. The van der Waals surface area contributed by atoms with Gasteiger partial charge in [0.15, 0.2) is 5.06 Å². The monoisotopic (exact) mass is 482 g/mol. The Morgan fingerprint density at radius 2 is 1.70 bits per heavy atom. The van der Waals surface area contributed by atoms with Crippen molar-refractivity contribution in [3.05, 3.63) is 54.3 Å². The molecule has 172 valence electrons. The number of halogens is 1. The highest BCUT2D eigenvalue weighted by Gasteiger charge is 2.14. The first kappa shape index (κ1) is 23.3. The number of aromatic nitrogens is 1. The van der Waals surface area contributed by atoms with Crippen LogP contribution in [0.5, 0.6) is 5.06 Å². The van der Waals surface area contributed by atoms with Crippen LogP contribution in [0, 0.1) is 5.82 Å². The van der Waals surface area contributed by atoms with Crippen LogP contribution in [0.2, 0.25) is 0 Å². The summed E-state index contributed by atoms with van der Waals surface area (Å²) in [5.74, 6) is -0.358. The SMILES string of the molecule is CCCCCCOc1cc2sc(-c3ccc(N=Nc4ccc(N(C)C)cc4)cc3F)nc2s1. The molecule has 0 saturated heterocycles. The Labute approximate surface area is 201 Å². The van der Waals surface area contributed by atoms with Crippen molar-refractivity contribution in [2.24, 2.45) is 10.2 Å². The second-order valence-corrected chi connectivity index (χ2v) is 9.96. The molecular weight excluding hydrogens is 455 g/mol. The van der Waals surface area contributed by atoms with E-state index in [0.717, 1.165) is 33.3 Å². The fourth-order valence-electron chi connectivity index (χ4n) is 3.27. The lowest BCUT2D eigenvalue weighted by Gasteiger charge is -2.11. The summed E-state index contributed by atoms with van der Waals surface area (Å²) in [6, 6.07) is 14.6. The highest BCUT2D eigenvalue weighted by atomic mass is 32.1. The van der Waals surface area contributed by atoms with Crippen molar-refractivity contribution in [2.45, 2.75) is 32.6 Å². The summed E-state index contributed by atoms with van der Waals surface area (Å²) in [5, 5.41) is 9.92. The fourth-order valence-corrected chi connectivity index (χ4v) is 5.38. The fraction of sp³-hybridized carbons (Fsp3) is 0.320. The van der Waals surface area contributed by atoms with Crippen LogP contribution in [0.1, 0.15) is 32.6 Å². The van der Waals surface area contributed by atoms with Crippen molar-refractivity contribution in [1.29, 1.82) is 0 Å². The molecule has 0 aliphatic carbocycles. The molecule has 4 rings (SSSR count). The molecule has 0 N–H and O–H groups in total. The number of azo groups is 1. The van der Waals surface area contributed by atoms with E-state index < -0.39 is 0 Å². The number of unbranched alkanes of at least 4 members (excludes halogenated alkanes) is 3. The van der Waals surface area contributed by atoms with Crippen LogP contribution in [-0.2, 0) is 0 Å². The van der Waals surface area contributed by atoms with Gasteiger partial charge in [0.25, 0.3) is 0 Å². The number of rotatable bonds is 10. The lowest BCUT2D eigenvalue weighted by atomic mass is 10.2. The first-order chi connectivity index (χ1) is 16.0. The molecule has 0 spiro atoms. The molecule has 0 amide bonds. The minimum atomic E-state index is -0.358. The van der Waals surface area contributed by atoms with Crippen molar-refractivity contribution in [1.82, 2.24) is 4.98 Å². The topological polar surface area (TPSA) is 50.1 Å². The molecule has 33 heavy (non-hydrogen) atoms. The van der Waals surface area contributed by atoms with Gasteiger partial charge in [0.2, 0.25) is 0 Å². The van der Waals surface area contributed by atoms with Gasteiger partial charge in [-0.3, -0.25) is 0 Å². The summed E-state index contributed by atoms with van der Waals surface area (Å²) in [6.45, 7) is 2.93. The van der Waals surface area contributed by atoms with Crippen molar-refractivity contribution in [3.63, 3.8) is 0 Å². The first-order valence-corrected chi connectivity index (χ1v) is 12.7. The molecule has 2 aromatic carbocycles. The van der Waals surface area contributed by atoms with Crippen molar-refractivity contribution in [2.75, 3.05) is 25.6 Å². The Morgan fingerprint density at radius 3 is 2.39 bits per heavy atom. The molecule has 0 atom stereocenters. The molecule has 5 nitrogen and oxygen atoms in total. The molecule has 0 aliphatic heterocycles. The van der Waals surface area contributed by atoms with Gasteiger partial charge in [-0.05, 0) is 42.8 Å². The zero-order valence-electron chi connectivity index (χ0n) is 19.0. The standard InChI is InChI=1S/C25H27FN4OS2/c1-4-5-6-7-14-31-23-16-22-25(33-23)27-24(32-22)20-13-10-18(15-21(20)26)29-28-17-8-11-19(12-9-17)30(2)3/h8-13,15-16H,4-7,14H2,1-3H3. The number of thiazole rings is 1. The predicted octanol–water partition coefficient (Wildman–Crippen LogP) is 8.60. The summed E-state index contributed by atoms with van der Waals surface area (Å²) >= 11 is 2.99. The molecule has 4 aromatic rings. The molecule has 0 aliphatic rings. The number of thiophene rings is 1. The lowest BCUT2D eigenvalue weighted by Crippen LogP contribution is -2.07. The second-order valence-electron chi connectivity index (χ2n) is 7.94. The van der Waals surface area contributed by atoms with Crippen LogP contribution in [0.25, 0.3) is 20.1 Å². The zero-order chi connectivity index (χ0) is 23.2. The van der Waals surface area contributed by atoms with Crippen LogP contribution in [0.15, 0.2) is 58.8 Å². The largest absolute Gasteiger partial charge is 0.484 e. The van der Waals surface area contributed by atoms with E-state index in [1.807, 2.05) is 49.3 Å². The number of hydrogen-bond donors (Lipinski definition) is 0. The predicted molar refractivity (Wildman–Crippen MR) is 137 cm³/mol. The van der Waals surface area contributed by atoms with Gasteiger partial charge in [0.1, 0.15) is 15.7 Å². The van der Waals surface area contributed by atoms with Gasteiger partial charge in [0, 0.05) is 37.5 Å². The van der Waals surface area contributed by atoms with Gasteiger partial charge in [-0.25, -0.2) is 9.37 Å². The van der Waals surface area contributed by atoms with Gasteiger partial charge in [-0.15, -0.1) is 11.3 Å². The van der Waals surface area contributed by atoms with Gasteiger partial charge < -0.3 is 9.64 Å². The maximum Gasteiger partial charge on any atom is 0.177 e. The summed E-state index contributed by atoms with van der Waals surface area (Å²) in [7, 11) is 3.96. The molecule has 2 aromatic heterocycles. The Bertz CT molecular complexity index is 1200. The first-order valence-electron chi connectivity index (χ1n) is 11.1. The number of anilines is 1. The lowest BCUT2D eigenvalue weighted by molar-refractivity contribution is 0.314.